The van der Waals surface area contributed by atoms with E-state index in [2.05, 4.69) is 6.92 Å². The van der Waals surface area contributed by atoms with Gasteiger partial charge in [0.25, 0.3) is 0 Å². The Hall–Kier alpha value is -0.340. The zero-order valence-corrected chi connectivity index (χ0v) is 8.20. The topological polar surface area (TPSA) is 40.5 Å². The van der Waals surface area contributed by atoms with Crippen LogP contribution in [0.1, 0.15) is 27.7 Å². The smallest absolute Gasteiger partial charge is 0.0988 e. The summed E-state index contributed by atoms with van der Waals surface area (Å²) in [6, 6.07) is 0. The monoisotopic (exact) mass is 170 g/mol. The first-order chi connectivity index (χ1) is 5.37. The molecular weight excluding hydrogens is 152 g/mol. The van der Waals surface area contributed by atoms with Crippen molar-refractivity contribution in [1.82, 2.24) is 0 Å². The molecule has 1 aliphatic carbocycles. The summed E-state index contributed by atoms with van der Waals surface area (Å²) in [7, 11) is 0. The van der Waals surface area contributed by atoms with Crippen molar-refractivity contribution in [2.24, 2.45) is 11.3 Å². The zero-order valence-electron chi connectivity index (χ0n) is 8.20. The molecule has 0 saturated heterocycles. The number of aliphatic hydroxyl groups excluding tert-OH is 2. The van der Waals surface area contributed by atoms with Gasteiger partial charge in [0, 0.05) is 0 Å². The molecule has 1 aliphatic rings. The molecule has 70 valence electrons. The number of aliphatic hydroxyl groups is 2. The lowest BCUT2D eigenvalue weighted by Crippen LogP contribution is -2.46. The molecule has 2 N–H and O–H groups in total. The lowest BCUT2D eigenvalue weighted by molar-refractivity contribution is -0.0574. The van der Waals surface area contributed by atoms with Crippen LogP contribution in [0.15, 0.2) is 11.6 Å². The Kier molecular flexibility index (Phi) is 2.32. The van der Waals surface area contributed by atoms with E-state index in [1.165, 1.54) is 0 Å². The van der Waals surface area contributed by atoms with E-state index in [1.807, 2.05) is 20.8 Å². The van der Waals surface area contributed by atoms with Gasteiger partial charge in [-0.15, -0.1) is 0 Å². The Morgan fingerprint density at radius 3 is 2.33 bits per heavy atom. The highest BCUT2D eigenvalue weighted by atomic mass is 16.3. The van der Waals surface area contributed by atoms with Gasteiger partial charge in [-0.25, -0.2) is 0 Å². The summed E-state index contributed by atoms with van der Waals surface area (Å²) in [5.74, 6) is 0.330. The molecule has 0 aromatic carbocycles. The van der Waals surface area contributed by atoms with Crippen molar-refractivity contribution in [2.75, 3.05) is 0 Å². The first-order valence-corrected chi connectivity index (χ1v) is 4.42. The van der Waals surface area contributed by atoms with Crippen LogP contribution in [0.3, 0.4) is 0 Å². The first kappa shape index (κ1) is 9.75. The quantitative estimate of drug-likeness (QED) is 0.538. The number of allylic oxidation sites excluding steroid dienone is 1. The lowest BCUT2D eigenvalue weighted by Gasteiger charge is -2.42. The van der Waals surface area contributed by atoms with Crippen LogP contribution < -0.4 is 0 Å². The van der Waals surface area contributed by atoms with Gasteiger partial charge in [0.15, 0.2) is 0 Å². The number of hydrogen-bond acceptors (Lipinski definition) is 2. The molecule has 0 amide bonds. The van der Waals surface area contributed by atoms with E-state index in [0.29, 0.717) is 5.92 Å². The predicted octanol–water partition coefficient (Wildman–Crippen LogP) is 1.33. The van der Waals surface area contributed by atoms with Crippen molar-refractivity contribution in [3.05, 3.63) is 11.6 Å². The molecule has 0 bridgehead atoms. The Bertz CT molecular complexity index is 206. The molecule has 2 nitrogen and oxygen atoms in total. The van der Waals surface area contributed by atoms with Crippen molar-refractivity contribution < 1.29 is 10.2 Å². The Balaban J connectivity index is 3.00. The summed E-state index contributed by atoms with van der Waals surface area (Å²) in [6.07, 6.45) is 0.410. The van der Waals surface area contributed by atoms with Gasteiger partial charge in [0.1, 0.15) is 0 Å². The van der Waals surface area contributed by atoms with Crippen LogP contribution in [0.25, 0.3) is 0 Å². The van der Waals surface area contributed by atoms with Crippen LogP contribution in [0, 0.1) is 11.3 Å². The summed E-state index contributed by atoms with van der Waals surface area (Å²) in [5, 5.41) is 19.2. The maximum Gasteiger partial charge on any atom is 0.0988 e. The molecule has 12 heavy (non-hydrogen) atoms. The minimum absolute atomic E-state index is 0.224. The summed E-state index contributed by atoms with van der Waals surface area (Å²) in [5.41, 5.74) is 0.941. The van der Waals surface area contributed by atoms with Gasteiger partial charge in [0.2, 0.25) is 0 Å². The molecule has 0 unspecified atom stereocenters. The standard InChI is InChI=1S/C10H18O2/c1-6-5-8(11)9(12)10(3,4)7(6)2/h5,7-9,11-12H,1-4H3/t7-,8-,9+/m1/s1. The minimum Gasteiger partial charge on any atom is -0.390 e. The summed E-state index contributed by atoms with van der Waals surface area (Å²) in [6.45, 7) is 8.06. The third-order valence-electron chi connectivity index (χ3n) is 3.32. The van der Waals surface area contributed by atoms with Crippen molar-refractivity contribution in [3.8, 4) is 0 Å². The van der Waals surface area contributed by atoms with E-state index >= 15 is 0 Å². The molecule has 1 rings (SSSR count). The van der Waals surface area contributed by atoms with Gasteiger partial charge < -0.3 is 10.2 Å². The van der Waals surface area contributed by atoms with Gasteiger partial charge in [0.05, 0.1) is 12.2 Å². The van der Waals surface area contributed by atoms with Crippen LogP contribution in [0.2, 0.25) is 0 Å². The van der Waals surface area contributed by atoms with Crippen molar-refractivity contribution in [3.63, 3.8) is 0 Å². The van der Waals surface area contributed by atoms with Crippen LogP contribution in [-0.2, 0) is 0 Å². The van der Waals surface area contributed by atoms with E-state index in [1.54, 1.807) is 6.08 Å². The highest BCUT2D eigenvalue weighted by Crippen LogP contribution is 2.40. The largest absolute Gasteiger partial charge is 0.390 e. The minimum atomic E-state index is -0.698. The second-order valence-electron chi connectivity index (χ2n) is 4.39. The van der Waals surface area contributed by atoms with Crippen LogP contribution in [0.5, 0.6) is 0 Å². The molecule has 0 aromatic rings. The fourth-order valence-electron chi connectivity index (χ4n) is 1.79. The third-order valence-corrected chi connectivity index (χ3v) is 3.32. The maximum absolute atomic E-state index is 9.70. The molecular formula is C10H18O2. The third kappa shape index (κ3) is 1.29. The zero-order chi connectivity index (χ0) is 9.52. The van der Waals surface area contributed by atoms with Gasteiger partial charge in [-0.2, -0.15) is 0 Å². The van der Waals surface area contributed by atoms with E-state index in [9.17, 15) is 10.2 Å². The Morgan fingerprint density at radius 2 is 1.83 bits per heavy atom. The summed E-state index contributed by atoms with van der Waals surface area (Å²) >= 11 is 0. The average Bonchev–Trinajstić information content (AvgIpc) is 1.99. The van der Waals surface area contributed by atoms with Gasteiger partial charge in [-0.3, -0.25) is 0 Å². The molecule has 0 fully saturated rings. The molecule has 0 aliphatic heterocycles. The van der Waals surface area contributed by atoms with Crippen molar-refractivity contribution in [1.29, 1.82) is 0 Å². The second kappa shape index (κ2) is 2.86. The summed E-state index contributed by atoms with van der Waals surface area (Å²) < 4.78 is 0. The normalized spacial score (nSPS) is 40.8. The molecule has 0 spiro atoms. The lowest BCUT2D eigenvalue weighted by atomic mass is 9.67. The maximum atomic E-state index is 9.70. The summed E-state index contributed by atoms with van der Waals surface area (Å²) in [4.78, 5) is 0. The van der Waals surface area contributed by atoms with E-state index in [4.69, 9.17) is 0 Å². The molecule has 2 heteroatoms. The van der Waals surface area contributed by atoms with E-state index < -0.39 is 12.2 Å². The van der Waals surface area contributed by atoms with Crippen LogP contribution in [-0.4, -0.2) is 22.4 Å². The van der Waals surface area contributed by atoms with Crippen molar-refractivity contribution >= 4 is 0 Å². The molecule has 0 saturated carbocycles. The average molecular weight is 170 g/mol. The second-order valence-corrected chi connectivity index (χ2v) is 4.39. The van der Waals surface area contributed by atoms with Gasteiger partial charge >= 0.3 is 0 Å². The van der Waals surface area contributed by atoms with Crippen LogP contribution >= 0.6 is 0 Å². The number of hydrogen-bond donors (Lipinski definition) is 2. The molecule has 0 aromatic heterocycles. The first-order valence-electron chi connectivity index (χ1n) is 4.42. The Labute approximate surface area is 73.9 Å². The van der Waals surface area contributed by atoms with E-state index in [0.717, 1.165) is 5.57 Å². The Morgan fingerprint density at radius 1 is 1.33 bits per heavy atom. The van der Waals surface area contributed by atoms with E-state index in [-0.39, 0.29) is 5.41 Å². The molecule has 0 radical (unpaired) electrons. The fourth-order valence-corrected chi connectivity index (χ4v) is 1.79. The molecule has 0 heterocycles. The molecule has 3 atom stereocenters. The SMILES string of the molecule is CC1=C[C@@H](O)[C@H](O)C(C)(C)[C@@H]1C. The van der Waals surface area contributed by atoms with Gasteiger partial charge in [-0.05, 0) is 18.3 Å². The highest BCUT2D eigenvalue weighted by Gasteiger charge is 2.41. The number of rotatable bonds is 0. The predicted molar refractivity (Wildman–Crippen MR) is 48.7 cm³/mol. The van der Waals surface area contributed by atoms with Crippen LogP contribution in [0.4, 0.5) is 0 Å². The van der Waals surface area contributed by atoms with Gasteiger partial charge in [-0.1, -0.05) is 32.4 Å². The fraction of sp³-hybridized carbons (Fsp3) is 0.800. The van der Waals surface area contributed by atoms with Crippen molar-refractivity contribution in [2.45, 2.75) is 39.9 Å². The highest BCUT2D eigenvalue weighted by molar-refractivity contribution is 5.17.